The summed E-state index contributed by atoms with van der Waals surface area (Å²) < 4.78 is 0. The van der Waals surface area contributed by atoms with Crippen molar-refractivity contribution in [3.8, 4) is 0 Å². The number of hydrogen-bond acceptors (Lipinski definition) is 4. The van der Waals surface area contributed by atoms with Crippen LogP contribution in [0.3, 0.4) is 0 Å². The highest BCUT2D eigenvalue weighted by molar-refractivity contribution is 6.40. The van der Waals surface area contributed by atoms with Crippen LogP contribution in [0.2, 0.25) is 6.04 Å². The molecule has 0 aromatic heterocycles. The molecule has 0 radical (unpaired) electrons. The number of nitrogens with one attached hydrogen (secondary N) is 1. The highest BCUT2D eigenvalue weighted by atomic mass is 28.3. The topological polar surface area (TPSA) is 55.7 Å². The first-order valence-electron chi connectivity index (χ1n) is 5.08. The summed E-state index contributed by atoms with van der Waals surface area (Å²) in [4.78, 5) is 20.0. The second-order valence-electron chi connectivity index (χ2n) is 3.57. The average Bonchev–Trinajstić information content (AvgIpc) is 2.14. The van der Waals surface area contributed by atoms with Crippen molar-refractivity contribution in [2.45, 2.75) is 18.9 Å². The zero-order valence-corrected chi connectivity index (χ0v) is 9.23. The fraction of sp³-hybridized carbons (Fsp3) is 1.00. The predicted octanol–water partition coefficient (Wildman–Crippen LogP) is -1.12. The van der Waals surface area contributed by atoms with Crippen molar-refractivity contribution >= 4 is 9.28 Å². The zero-order chi connectivity index (χ0) is 9.52. The summed E-state index contributed by atoms with van der Waals surface area (Å²) in [5, 5.41) is 3.31. The van der Waals surface area contributed by atoms with Crippen LogP contribution in [0.5, 0.6) is 0 Å². The molecule has 3 N–H and O–H groups in total. The maximum atomic E-state index is 8.76. The summed E-state index contributed by atoms with van der Waals surface area (Å²) >= 11 is 0. The van der Waals surface area contributed by atoms with Crippen LogP contribution in [0, 0.1) is 0 Å². The Bertz CT molecular complexity index is 129. The van der Waals surface area contributed by atoms with E-state index in [-0.39, 0.29) is 0 Å². The fourth-order valence-corrected chi connectivity index (χ4v) is 2.25. The Morgan fingerprint density at radius 2 is 1.85 bits per heavy atom. The van der Waals surface area contributed by atoms with Gasteiger partial charge >= 0.3 is 9.28 Å². The quantitative estimate of drug-likeness (QED) is 0.392. The molecule has 0 aromatic carbocycles. The second-order valence-corrected chi connectivity index (χ2v) is 5.11. The van der Waals surface area contributed by atoms with Crippen LogP contribution in [0.15, 0.2) is 0 Å². The minimum Gasteiger partial charge on any atom is -0.413 e. The fourth-order valence-electron chi connectivity index (χ4n) is 1.60. The molecule has 1 rings (SSSR count). The Morgan fingerprint density at radius 1 is 1.15 bits per heavy atom. The number of rotatable bonds is 5. The van der Waals surface area contributed by atoms with E-state index in [2.05, 4.69) is 10.2 Å². The summed E-state index contributed by atoms with van der Waals surface area (Å²) in [6, 6.07) is 0.645. The molecule has 4 nitrogen and oxygen atoms in total. The van der Waals surface area contributed by atoms with Gasteiger partial charge in [0.15, 0.2) is 0 Å². The molecule has 1 heterocycles. The normalized spacial score (nSPS) is 19.6. The zero-order valence-electron chi connectivity index (χ0n) is 8.08. The van der Waals surface area contributed by atoms with Crippen LogP contribution in [0.4, 0.5) is 0 Å². The Morgan fingerprint density at radius 3 is 2.46 bits per heavy atom. The molecule has 0 spiro atoms. The largest absolute Gasteiger partial charge is 0.413 e. The number of nitrogens with zero attached hydrogens (tertiary/aromatic N) is 1. The predicted molar refractivity (Wildman–Crippen MR) is 54.9 cm³/mol. The Balaban J connectivity index is 1.92. The third-order valence-corrected chi connectivity index (χ3v) is 3.32. The van der Waals surface area contributed by atoms with Gasteiger partial charge in [-0.05, 0) is 19.0 Å². The first-order chi connectivity index (χ1) is 6.29. The van der Waals surface area contributed by atoms with Crippen molar-refractivity contribution in [3.63, 3.8) is 0 Å². The first-order valence-corrected chi connectivity index (χ1v) is 6.93. The van der Waals surface area contributed by atoms with Gasteiger partial charge in [0.1, 0.15) is 0 Å². The molecular formula is C8H20N2O2Si. The van der Waals surface area contributed by atoms with E-state index in [0.717, 1.165) is 45.6 Å². The van der Waals surface area contributed by atoms with Gasteiger partial charge in [0.05, 0.1) is 0 Å². The van der Waals surface area contributed by atoms with Gasteiger partial charge < -0.3 is 19.8 Å². The summed E-state index contributed by atoms with van der Waals surface area (Å²) in [7, 11) is -2.28. The maximum Gasteiger partial charge on any atom is 0.315 e. The van der Waals surface area contributed by atoms with E-state index >= 15 is 0 Å². The lowest BCUT2D eigenvalue weighted by atomic mass is 10.3. The molecule has 1 fully saturated rings. The van der Waals surface area contributed by atoms with E-state index in [1.165, 1.54) is 0 Å². The van der Waals surface area contributed by atoms with E-state index in [0.29, 0.717) is 6.04 Å². The first kappa shape index (κ1) is 11.1. The minimum atomic E-state index is -2.28. The molecule has 0 aromatic rings. The Kier molecular flexibility index (Phi) is 5.57. The van der Waals surface area contributed by atoms with Gasteiger partial charge in [-0.1, -0.05) is 6.42 Å². The molecule has 1 aliphatic rings. The highest BCUT2D eigenvalue weighted by Crippen LogP contribution is 2.01. The monoisotopic (exact) mass is 204 g/mol. The highest BCUT2D eigenvalue weighted by Gasteiger charge is 2.08. The van der Waals surface area contributed by atoms with Gasteiger partial charge in [0.25, 0.3) is 0 Å². The molecule has 5 heteroatoms. The summed E-state index contributed by atoms with van der Waals surface area (Å²) in [5.41, 5.74) is 0. The molecule has 0 atom stereocenters. The SMILES string of the molecule is O[SiH](O)CCCCN1CCNCC1. The number of hydrogen-bond donors (Lipinski definition) is 3. The standard InChI is InChI=1S/C8H20N2O2Si/c11-13(12)8-2-1-5-10-6-3-9-4-7-10/h9,11-13H,1-8H2. The van der Waals surface area contributed by atoms with E-state index in [1.807, 2.05) is 0 Å². The van der Waals surface area contributed by atoms with Crippen LogP contribution in [0.25, 0.3) is 0 Å². The van der Waals surface area contributed by atoms with E-state index in [9.17, 15) is 0 Å². The van der Waals surface area contributed by atoms with Crippen molar-refractivity contribution < 1.29 is 9.59 Å². The summed E-state index contributed by atoms with van der Waals surface area (Å²) in [6.45, 7) is 5.58. The lowest BCUT2D eigenvalue weighted by Crippen LogP contribution is -2.43. The molecule has 0 saturated carbocycles. The molecule has 78 valence electrons. The van der Waals surface area contributed by atoms with Gasteiger partial charge in [0, 0.05) is 26.2 Å². The van der Waals surface area contributed by atoms with E-state index in [1.54, 1.807) is 0 Å². The molecule has 0 aliphatic carbocycles. The van der Waals surface area contributed by atoms with Crippen molar-refractivity contribution in [1.82, 2.24) is 10.2 Å². The maximum absolute atomic E-state index is 8.76. The van der Waals surface area contributed by atoms with Crippen molar-refractivity contribution in [2.24, 2.45) is 0 Å². The molecule has 0 unspecified atom stereocenters. The van der Waals surface area contributed by atoms with Crippen LogP contribution in [-0.4, -0.2) is 56.5 Å². The molecule has 1 aliphatic heterocycles. The van der Waals surface area contributed by atoms with E-state index in [4.69, 9.17) is 9.59 Å². The van der Waals surface area contributed by atoms with Gasteiger partial charge in [-0.3, -0.25) is 0 Å². The lowest BCUT2D eigenvalue weighted by molar-refractivity contribution is 0.237. The van der Waals surface area contributed by atoms with Gasteiger partial charge in [-0.15, -0.1) is 0 Å². The molecule has 1 saturated heterocycles. The second kappa shape index (κ2) is 6.50. The van der Waals surface area contributed by atoms with Crippen molar-refractivity contribution in [1.29, 1.82) is 0 Å². The van der Waals surface area contributed by atoms with Crippen LogP contribution >= 0.6 is 0 Å². The van der Waals surface area contributed by atoms with Gasteiger partial charge in [-0.25, -0.2) is 0 Å². The summed E-state index contributed by atoms with van der Waals surface area (Å²) in [5.74, 6) is 0. The van der Waals surface area contributed by atoms with Crippen molar-refractivity contribution in [2.75, 3.05) is 32.7 Å². The lowest BCUT2D eigenvalue weighted by Gasteiger charge is -2.26. The third kappa shape index (κ3) is 5.38. The molecule has 0 bridgehead atoms. The van der Waals surface area contributed by atoms with Crippen LogP contribution in [-0.2, 0) is 0 Å². The van der Waals surface area contributed by atoms with Gasteiger partial charge in [0.2, 0.25) is 0 Å². The Labute approximate surface area is 81.4 Å². The number of piperazine rings is 1. The van der Waals surface area contributed by atoms with Crippen molar-refractivity contribution in [3.05, 3.63) is 0 Å². The average molecular weight is 204 g/mol. The Hall–Kier alpha value is 0.0569. The molecule has 13 heavy (non-hydrogen) atoms. The van der Waals surface area contributed by atoms with Crippen LogP contribution in [0.1, 0.15) is 12.8 Å². The number of unbranched alkanes of at least 4 members (excludes halogenated alkanes) is 1. The van der Waals surface area contributed by atoms with Crippen LogP contribution < -0.4 is 5.32 Å². The van der Waals surface area contributed by atoms with Gasteiger partial charge in [-0.2, -0.15) is 0 Å². The smallest absolute Gasteiger partial charge is 0.315 e. The summed E-state index contributed by atoms with van der Waals surface area (Å²) in [6.07, 6.45) is 2.07. The van der Waals surface area contributed by atoms with E-state index < -0.39 is 9.28 Å². The minimum absolute atomic E-state index is 0.645. The molecule has 0 amide bonds. The molecular weight excluding hydrogens is 184 g/mol. The third-order valence-electron chi connectivity index (χ3n) is 2.40.